The molecule has 0 atom stereocenters. The molecule has 0 saturated heterocycles. The van der Waals surface area contributed by atoms with Crippen molar-refractivity contribution in [2.45, 2.75) is 19.8 Å². The van der Waals surface area contributed by atoms with Gasteiger partial charge in [-0.1, -0.05) is 6.92 Å². The average molecular weight is 293 g/mol. The van der Waals surface area contributed by atoms with E-state index in [9.17, 15) is 8.78 Å². The van der Waals surface area contributed by atoms with Crippen LogP contribution in [-0.4, -0.2) is 23.1 Å². The molecule has 4 nitrogen and oxygen atoms in total. The molecule has 0 amide bonds. The Morgan fingerprint density at radius 2 is 1.86 bits per heavy atom. The minimum atomic E-state index is -0.567. The summed E-state index contributed by atoms with van der Waals surface area (Å²) in [6, 6.07) is 5.20. The summed E-state index contributed by atoms with van der Waals surface area (Å²) in [5.74, 6) is -0.0105. The van der Waals surface area contributed by atoms with Crippen molar-refractivity contribution in [2.24, 2.45) is 0 Å². The van der Waals surface area contributed by atoms with E-state index in [0.29, 0.717) is 36.8 Å². The molecule has 2 aromatic rings. The molecule has 0 aliphatic rings. The summed E-state index contributed by atoms with van der Waals surface area (Å²) >= 11 is 0. The Bertz CT molecular complexity index is 573. The Balaban J connectivity index is 1.88. The molecule has 6 heteroatoms. The Kier molecular flexibility index (Phi) is 5.43. The summed E-state index contributed by atoms with van der Waals surface area (Å²) in [7, 11) is 0. The first kappa shape index (κ1) is 15.2. The number of hydrogen-bond acceptors (Lipinski definition) is 4. The molecule has 0 radical (unpaired) electrons. The zero-order valence-electron chi connectivity index (χ0n) is 11.8. The SMILES string of the molecule is CCCOc1cc(NCCc2cc(F)cc(F)c2)ncn1. The Morgan fingerprint density at radius 1 is 1.10 bits per heavy atom. The van der Waals surface area contributed by atoms with Gasteiger partial charge in [-0.3, -0.25) is 0 Å². The van der Waals surface area contributed by atoms with Crippen molar-refractivity contribution in [3.63, 3.8) is 0 Å². The minimum Gasteiger partial charge on any atom is -0.478 e. The highest BCUT2D eigenvalue weighted by Crippen LogP contribution is 2.12. The maximum Gasteiger partial charge on any atom is 0.218 e. The molecule has 1 aromatic carbocycles. The van der Waals surface area contributed by atoms with Gasteiger partial charge in [0, 0.05) is 18.7 Å². The monoisotopic (exact) mass is 293 g/mol. The van der Waals surface area contributed by atoms with Crippen LogP contribution in [0.25, 0.3) is 0 Å². The van der Waals surface area contributed by atoms with Crippen LogP contribution in [0.1, 0.15) is 18.9 Å². The van der Waals surface area contributed by atoms with Gasteiger partial charge in [-0.05, 0) is 30.5 Å². The summed E-state index contributed by atoms with van der Waals surface area (Å²) in [6.45, 7) is 3.12. The van der Waals surface area contributed by atoms with Crippen molar-refractivity contribution in [2.75, 3.05) is 18.5 Å². The van der Waals surface area contributed by atoms with Gasteiger partial charge in [0.2, 0.25) is 5.88 Å². The van der Waals surface area contributed by atoms with Gasteiger partial charge in [-0.25, -0.2) is 18.7 Å². The highest BCUT2D eigenvalue weighted by Gasteiger charge is 2.02. The predicted octanol–water partition coefficient (Wildman–Crippen LogP) is 3.20. The lowest BCUT2D eigenvalue weighted by Crippen LogP contribution is -2.07. The second kappa shape index (κ2) is 7.52. The first-order valence-electron chi connectivity index (χ1n) is 6.81. The van der Waals surface area contributed by atoms with Crippen LogP contribution < -0.4 is 10.1 Å². The van der Waals surface area contributed by atoms with Crippen LogP contribution in [-0.2, 0) is 6.42 Å². The summed E-state index contributed by atoms with van der Waals surface area (Å²) < 4.78 is 31.5. The zero-order chi connectivity index (χ0) is 15.1. The van der Waals surface area contributed by atoms with Crippen molar-refractivity contribution in [3.05, 3.63) is 47.8 Å². The molecule has 0 unspecified atom stereocenters. The highest BCUT2D eigenvalue weighted by molar-refractivity contribution is 5.37. The van der Waals surface area contributed by atoms with E-state index >= 15 is 0 Å². The van der Waals surface area contributed by atoms with E-state index in [4.69, 9.17) is 4.74 Å². The predicted molar refractivity (Wildman–Crippen MR) is 76.4 cm³/mol. The summed E-state index contributed by atoms with van der Waals surface area (Å²) in [4.78, 5) is 8.06. The van der Waals surface area contributed by atoms with Crippen molar-refractivity contribution in [3.8, 4) is 5.88 Å². The van der Waals surface area contributed by atoms with Gasteiger partial charge >= 0.3 is 0 Å². The molecule has 0 spiro atoms. The smallest absolute Gasteiger partial charge is 0.218 e. The molecule has 1 heterocycles. The van der Waals surface area contributed by atoms with Crippen LogP contribution >= 0.6 is 0 Å². The van der Waals surface area contributed by atoms with Gasteiger partial charge in [-0.2, -0.15) is 0 Å². The molecule has 2 rings (SSSR count). The third-order valence-corrected chi connectivity index (χ3v) is 2.74. The van der Waals surface area contributed by atoms with Crippen LogP contribution in [0.5, 0.6) is 5.88 Å². The Hall–Kier alpha value is -2.24. The summed E-state index contributed by atoms with van der Waals surface area (Å²) in [5, 5.41) is 3.07. The fraction of sp³-hybridized carbons (Fsp3) is 0.333. The van der Waals surface area contributed by atoms with Crippen molar-refractivity contribution in [1.29, 1.82) is 0 Å². The van der Waals surface area contributed by atoms with E-state index in [1.165, 1.54) is 18.5 Å². The summed E-state index contributed by atoms with van der Waals surface area (Å²) in [6.07, 6.45) is 2.80. The average Bonchev–Trinajstić information content (AvgIpc) is 2.44. The first-order valence-corrected chi connectivity index (χ1v) is 6.81. The molecule has 112 valence electrons. The third kappa shape index (κ3) is 4.98. The van der Waals surface area contributed by atoms with Crippen LogP contribution in [0, 0.1) is 11.6 Å². The molecule has 1 N–H and O–H groups in total. The lowest BCUT2D eigenvalue weighted by Gasteiger charge is -2.08. The standard InChI is InChI=1S/C15H17F2N3O/c1-2-5-21-15-9-14(19-10-20-15)18-4-3-11-6-12(16)8-13(17)7-11/h6-10H,2-5H2,1H3,(H,18,19,20). The molecule has 0 fully saturated rings. The number of ether oxygens (including phenoxy) is 1. The number of nitrogens with one attached hydrogen (secondary N) is 1. The zero-order valence-corrected chi connectivity index (χ0v) is 11.8. The quantitative estimate of drug-likeness (QED) is 0.851. The van der Waals surface area contributed by atoms with Crippen molar-refractivity contribution in [1.82, 2.24) is 9.97 Å². The maximum atomic E-state index is 13.1. The first-order chi connectivity index (χ1) is 10.2. The van der Waals surface area contributed by atoms with E-state index in [0.717, 1.165) is 12.5 Å². The molecule has 0 bridgehead atoms. The number of hydrogen-bond donors (Lipinski definition) is 1. The normalized spacial score (nSPS) is 10.4. The molecule has 0 aliphatic carbocycles. The second-order valence-electron chi connectivity index (χ2n) is 4.54. The van der Waals surface area contributed by atoms with Gasteiger partial charge in [0.15, 0.2) is 0 Å². The fourth-order valence-corrected chi connectivity index (χ4v) is 1.81. The molecule has 0 aliphatic heterocycles. The largest absolute Gasteiger partial charge is 0.478 e. The molecule has 0 saturated carbocycles. The number of rotatable bonds is 7. The van der Waals surface area contributed by atoms with E-state index in [1.54, 1.807) is 6.07 Å². The van der Waals surface area contributed by atoms with Gasteiger partial charge < -0.3 is 10.1 Å². The van der Waals surface area contributed by atoms with Gasteiger partial charge in [-0.15, -0.1) is 0 Å². The molecular weight excluding hydrogens is 276 g/mol. The van der Waals surface area contributed by atoms with Crippen molar-refractivity contribution < 1.29 is 13.5 Å². The van der Waals surface area contributed by atoms with Crippen LogP contribution in [0.15, 0.2) is 30.6 Å². The van der Waals surface area contributed by atoms with E-state index in [-0.39, 0.29) is 0 Å². The molecular formula is C15H17F2N3O. The number of nitrogens with zero attached hydrogens (tertiary/aromatic N) is 2. The number of halogens is 2. The molecule has 21 heavy (non-hydrogen) atoms. The Labute approximate surface area is 122 Å². The van der Waals surface area contributed by atoms with Crippen LogP contribution in [0.4, 0.5) is 14.6 Å². The number of aromatic nitrogens is 2. The number of benzene rings is 1. The second-order valence-corrected chi connectivity index (χ2v) is 4.54. The molecule has 1 aromatic heterocycles. The minimum absolute atomic E-state index is 0.490. The summed E-state index contributed by atoms with van der Waals surface area (Å²) in [5.41, 5.74) is 0.594. The Morgan fingerprint density at radius 3 is 2.57 bits per heavy atom. The van der Waals surface area contributed by atoms with Gasteiger partial charge in [0.05, 0.1) is 6.61 Å². The van der Waals surface area contributed by atoms with E-state index in [1.807, 2.05) is 6.92 Å². The topological polar surface area (TPSA) is 47.0 Å². The highest BCUT2D eigenvalue weighted by atomic mass is 19.1. The number of anilines is 1. The third-order valence-electron chi connectivity index (χ3n) is 2.74. The van der Waals surface area contributed by atoms with Crippen LogP contribution in [0.3, 0.4) is 0 Å². The van der Waals surface area contributed by atoms with E-state index in [2.05, 4.69) is 15.3 Å². The van der Waals surface area contributed by atoms with Crippen molar-refractivity contribution >= 4 is 5.82 Å². The fourth-order valence-electron chi connectivity index (χ4n) is 1.81. The van der Waals surface area contributed by atoms with Crippen LogP contribution in [0.2, 0.25) is 0 Å². The van der Waals surface area contributed by atoms with Gasteiger partial charge in [0.25, 0.3) is 0 Å². The maximum absolute atomic E-state index is 13.1. The van der Waals surface area contributed by atoms with E-state index < -0.39 is 11.6 Å². The lowest BCUT2D eigenvalue weighted by molar-refractivity contribution is 0.305. The lowest BCUT2D eigenvalue weighted by atomic mass is 10.1. The van der Waals surface area contributed by atoms with Gasteiger partial charge in [0.1, 0.15) is 23.8 Å².